The van der Waals surface area contributed by atoms with Gasteiger partial charge in [-0.2, -0.15) is 0 Å². The largest absolute Gasteiger partial charge is 0.396 e. The van der Waals surface area contributed by atoms with Crippen LogP contribution in [0.1, 0.15) is 20.3 Å². The lowest BCUT2D eigenvalue weighted by molar-refractivity contribution is -0.119. The van der Waals surface area contributed by atoms with E-state index in [4.69, 9.17) is 5.11 Å². The van der Waals surface area contributed by atoms with E-state index in [0.717, 1.165) is 0 Å². The lowest BCUT2D eigenvalue weighted by Crippen LogP contribution is -2.35. The third kappa shape index (κ3) is 1.71. The van der Waals surface area contributed by atoms with Crippen LogP contribution in [0, 0.1) is 11.8 Å². The quantitative estimate of drug-likeness (QED) is 0.599. The van der Waals surface area contributed by atoms with Gasteiger partial charge in [-0.15, -0.1) is 0 Å². The zero-order chi connectivity index (χ0) is 8.43. The van der Waals surface area contributed by atoms with Gasteiger partial charge in [0.15, 0.2) is 0 Å². The first-order chi connectivity index (χ1) is 5.15. The van der Waals surface area contributed by atoms with E-state index in [9.17, 15) is 4.79 Å². The van der Waals surface area contributed by atoms with Gasteiger partial charge < -0.3 is 10.4 Å². The molecule has 0 bridgehead atoms. The summed E-state index contributed by atoms with van der Waals surface area (Å²) < 4.78 is 0. The molecule has 0 aliphatic carbocycles. The van der Waals surface area contributed by atoms with Crippen molar-refractivity contribution in [3.63, 3.8) is 0 Å². The molecule has 1 aliphatic rings. The molecule has 0 unspecified atom stereocenters. The third-order valence-electron chi connectivity index (χ3n) is 2.24. The Balaban J connectivity index is 2.57. The molecule has 64 valence electrons. The molecule has 1 fully saturated rings. The highest BCUT2D eigenvalue weighted by molar-refractivity contribution is 5.79. The van der Waals surface area contributed by atoms with Gasteiger partial charge in [-0.1, -0.05) is 13.8 Å². The Hall–Kier alpha value is -0.570. The molecule has 0 saturated carbocycles. The summed E-state index contributed by atoms with van der Waals surface area (Å²) in [5.74, 6) is 0.615. The van der Waals surface area contributed by atoms with Crippen LogP contribution in [0.5, 0.6) is 0 Å². The fraction of sp³-hybridized carbons (Fsp3) is 0.875. The maximum atomic E-state index is 10.9. The molecule has 2 atom stereocenters. The van der Waals surface area contributed by atoms with Gasteiger partial charge in [0.25, 0.3) is 0 Å². The number of rotatable bonds is 2. The van der Waals surface area contributed by atoms with Crippen LogP contribution in [0.15, 0.2) is 0 Å². The molecule has 0 aromatic carbocycles. The monoisotopic (exact) mass is 157 g/mol. The molecule has 0 radical (unpaired) electrons. The summed E-state index contributed by atoms with van der Waals surface area (Å²) in [6.45, 7) is 4.22. The average Bonchev–Trinajstić information content (AvgIpc) is 2.30. The topological polar surface area (TPSA) is 49.3 Å². The fourth-order valence-electron chi connectivity index (χ4n) is 1.62. The van der Waals surface area contributed by atoms with Crippen LogP contribution < -0.4 is 5.32 Å². The second-order valence-corrected chi connectivity index (χ2v) is 3.48. The zero-order valence-electron chi connectivity index (χ0n) is 7.00. The molecule has 1 aliphatic heterocycles. The molecule has 0 spiro atoms. The maximum absolute atomic E-state index is 10.9. The number of aliphatic hydroxyl groups excluding tert-OH is 1. The predicted molar refractivity (Wildman–Crippen MR) is 42.0 cm³/mol. The van der Waals surface area contributed by atoms with Crippen LogP contribution in [0.2, 0.25) is 0 Å². The Morgan fingerprint density at radius 1 is 1.73 bits per heavy atom. The number of carbonyl (C=O) groups excluding carboxylic acids is 1. The Bertz CT molecular complexity index is 156. The molecule has 1 heterocycles. The smallest absolute Gasteiger partial charge is 0.220 e. The molecule has 1 rings (SSSR count). The first-order valence-corrected chi connectivity index (χ1v) is 4.05. The molecule has 2 N–H and O–H groups in total. The fourth-order valence-corrected chi connectivity index (χ4v) is 1.62. The SMILES string of the molecule is CC(C)[C@H]1NC(=O)C[C@@H]1CO. The Kier molecular flexibility index (Phi) is 2.49. The van der Waals surface area contributed by atoms with Gasteiger partial charge in [0.1, 0.15) is 0 Å². The molecule has 0 aromatic heterocycles. The summed E-state index contributed by atoms with van der Waals surface area (Å²) in [4.78, 5) is 10.9. The Morgan fingerprint density at radius 3 is 2.73 bits per heavy atom. The van der Waals surface area contributed by atoms with Crippen molar-refractivity contribution in [2.24, 2.45) is 11.8 Å². The van der Waals surface area contributed by atoms with Crippen LogP contribution >= 0.6 is 0 Å². The van der Waals surface area contributed by atoms with E-state index in [1.165, 1.54) is 0 Å². The summed E-state index contributed by atoms with van der Waals surface area (Å²) in [7, 11) is 0. The van der Waals surface area contributed by atoms with Crippen molar-refractivity contribution >= 4 is 5.91 Å². The van der Waals surface area contributed by atoms with Crippen molar-refractivity contribution in [1.29, 1.82) is 0 Å². The molecule has 1 amide bonds. The Labute approximate surface area is 66.8 Å². The summed E-state index contributed by atoms with van der Waals surface area (Å²) in [6.07, 6.45) is 0.485. The Morgan fingerprint density at radius 2 is 2.36 bits per heavy atom. The predicted octanol–water partition coefficient (Wildman–Crippen LogP) is 0.139. The van der Waals surface area contributed by atoms with E-state index in [0.29, 0.717) is 12.3 Å². The van der Waals surface area contributed by atoms with Gasteiger partial charge in [-0.3, -0.25) is 4.79 Å². The third-order valence-corrected chi connectivity index (χ3v) is 2.24. The van der Waals surface area contributed by atoms with Gasteiger partial charge in [0.05, 0.1) is 0 Å². The van der Waals surface area contributed by atoms with Crippen molar-refractivity contribution < 1.29 is 9.90 Å². The number of nitrogens with one attached hydrogen (secondary N) is 1. The van der Waals surface area contributed by atoms with E-state index < -0.39 is 0 Å². The van der Waals surface area contributed by atoms with E-state index in [1.54, 1.807) is 0 Å². The molecule has 11 heavy (non-hydrogen) atoms. The van der Waals surface area contributed by atoms with Crippen LogP contribution in [0.3, 0.4) is 0 Å². The average molecular weight is 157 g/mol. The summed E-state index contributed by atoms with van der Waals surface area (Å²) in [6, 6.07) is 0.174. The lowest BCUT2D eigenvalue weighted by Gasteiger charge is -2.20. The molecular weight excluding hydrogens is 142 g/mol. The number of amides is 1. The van der Waals surface area contributed by atoms with Crippen molar-refractivity contribution in [3.05, 3.63) is 0 Å². The van der Waals surface area contributed by atoms with Crippen LogP contribution in [0.4, 0.5) is 0 Å². The summed E-state index contributed by atoms with van der Waals surface area (Å²) in [5.41, 5.74) is 0. The number of hydrogen-bond donors (Lipinski definition) is 2. The number of aliphatic hydroxyl groups is 1. The van der Waals surface area contributed by atoms with Crippen molar-refractivity contribution in [1.82, 2.24) is 5.32 Å². The van der Waals surface area contributed by atoms with Crippen LogP contribution in [0.25, 0.3) is 0 Å². The minimum atomic E-state index is 0.0720. The minimum absolute atomic E-state index is 0.0720. The van der Waals surface area contributed by atoms with Gasteiger partial charge >= 0.3 is 0 Å². The highest BCUT2D eigenvalue weighted by Crippen LogP contribution is 2.21. The van der Waals surface area contributed by atoms with Gasteiger partial charge in [-0.25, -0.2) is 0 Å². The van der Waals surface area contributed by atoms with Crippen molar-refractivity contribution in [2.45, 2.75) is 26.3 Å². The minimum Gasteiger partial charge on any atom is -0.396 e. The molecule has 3 nitrogen and oxygen atoms in total. The van der Waals surface area contributed by atoms with Crippen LogP contribution in [-0.2, 0) is 4.79 Å². The lowest BCUT2D eigenvalue weighted by atomic mass is 9.93. The van der Waals surface area contributed by atoms with Crippen LogP contribution in [-0.4, -0.2) is 23.7 Å². The zero-order valence-corrected chi connectivity index (χ0v) is 7.00. The second kappa shape index (κ2) is 3.22. The van der Waals surface area contributed by atoms with E-state index in [1.807, 2.05) is 0 Å². The molecule has 3 heteroatoms. The van der Waals surface area contributed by atoms with Crippen molar-refractivity contribution in [2.75, 3.05) is 6.61 Å². The summed E-state index contributed by atoms with van der Waals surface area (Å²) in [5, 5.41) is 11.8. The standard InChI is InChI=1S/C8H15NO2/c1-5(2)8-6(4-10)3-7(11)9-8/h5-6,8,10H,3-4H2,1-2H3,(H,9,11)/t6-,8-/m1/s1. The highest BCUT2D eigenvalue weighted by atomic mass is 16.3. The van der Waals surface area contributed by atoms with Gasteiger partial charge in [0, 0.05) is 25.0 Å². The normalized spacial score (nSPS) is 31.1. The highest BCUT2D eigenvalue weighted by Gasteiger charge is 2.33. The van der Waals surface area contributed by atoms with Gasteiger partial charge in [-0.05, 0) is 5.92 Å². The van der Waals surface area contributed by atoms with E-state index in [2.05, 4.69) is 19.2 Å². The first-order valence-electron chi connectivity index (χ1n) is 4.05. The molecule has 1 saturated heterocycles. The second-order valence-electron chi connectivity index (χ2n) is 3.48. The number of hydrogen-bond acceptors (Lipinski definition) is 2. The molecule has 0 aromatic rings. The van der Waals surface area contributed by atoms with Crippen molar-refractivity contribution in [3.8, 4) is 0 Å². The first kappa shape index (κ1) is 8.53. The number of carbonyl (C=O) groups is 1. The summed E-state index contributed by atoms with van der Waals surface area (Å²) >= 11 is 0. The molecular formula is C8H15NO2. The van der Waals surface area contributed by atoms with E-state index >= 15 is 0 Å². The van der Waals surface area contributed by atoms with Gasteiger partial charge in [0.2, 0.25) is 5.91 Å². The van der Waals surface area contributed by atoms with E-state index in [-0.39, 0.29) is 24.5 Å². The maximum Gasteiger partial charge on any atom is 0.220 e.